The third-order valence-electron chi connectivity index (χ3n) is 2.88. The van der Waals surface area contributed by atoms with Crippen LogP contribution in [0.5, 0.6) is 0 Å². The van der Waals surface area contributed by atoms with E-state index in [1.165, 1.54) is 5.69 Å². The molecule has 2 N–H and O–H groups in total. The Hall–Kier alpha value is -0.870. The SMILES string of the molecule is COCCCc1cn2c(n1)CC(N)CC2. The lowest BCUT2D eigenvalue weighted by molar-refractivity contribution is 0.195. The molecule has 0 saturated carbocycles. The molecular weight excluding hydrogens is 190 g/mol. The molecule has 15 heavy (non-hydrogen) atoms. The molecule has 1 aliphatic heterocycles. The Morgan fingerprint density at radius 3 is 3.33 bits per heavy atom. The third-order valence-corrected chi connectivity index (χ3v) is 2.88. The van der Waals surface area contributed by atoms with Crippen LogP contribution in [-0.4, -0.2) is 29.3 Å². The Labute approximate surface area is 90.4 Å². The maximum atomic E-state index is 5.91. The molecule has 1 aromatic rings. The summed E-state index contributed by atoms with van der Waals surface area (Å²) in [6.07, 6.45) is 6.20. The average Bonchev–Trinajstić information content (AvgIpc) is 2.60. The highest BCUT2D eigenvalue weighted by molar-refractivity contribution is 5.08. The summed E-state index contributed by atoms with van der Waals surface area (Å²) in [4.78, 5) is 4.60. The van der Waals surface area contributed by atoms with Crippen molar-refractivity contribution in [1.29, 1.82) is 0 Å². The maximum Gasteiger partial charge on any atom is 0.110 e. The van der Waals surface area contributed by atoms with Crippen LogP contribution in [0, 0.1) is 0 Å². The number of imidazole rings is 1. The van der Waals surface area contributed by atoms with Crippen molar-refractivity contribution >= 4 is 0 Å². The van der Waals surface area contributed by atoms with Crippen LogP contribution < -0.4 is 5.73 Å². The first-order chi connectivity index (χ1) is 7.29. The number of ether oxygens (including phenoxy) is 1. The van der Waals surface area contributed by atoms with Crippen LogP contribution >= 0.6 is 0 Å². The Morgan fingerprint density at radius 1 is 1.67 bits per heavy atom. The number of nitrogens with zero attached hydrogens (tertiary/aromatic N) is 2. The van der Waals surface area contributed by atoms with E-state index in [0.717, 1.165) is 44.7 Å². The van der Waals surface area contributed by atoms with E-state index in [-0.39, 0.29) is 0 Å². The minimum atomic E-state index is 0.298. The van der Waals surface area contributed by atoms with Crippen LogP contribution in [0.3, 0.4) is 0 Å². The Morgan fingerprint density at radius 2 is 2.53 bits per heavy atom. The first-order valence-electron chi connectivity index (χ1n) is 5.59. The van der Waals surface area contributed by atoms with Crippen molar-refractivity contribution in [2.45, 2.75) is 38.3 Å². The molecular formula is C11H19N3O. The van der Waals surface area contributed by atoms with Gasteiger partial charge in [0, 0.05) is 38.9 Å². The second-order valence-electron chi connectivity index (χ2n) is 4.19. The van der Waals surface area contributed by atoms with Gasteiger partial charge in [-0.2, -0.15) is 0 Å². The molecule has 0 aliphatic carbocycles. The monoisotopic (exact) mass is 209 g/mol. The Balaban J connectivity index is 1.96. The van der Waals surface area contributed by atoms with Gasteiger partial charge in [0.1, 0.15) is 5.82 Å². The van der Waals surface area contributed by atoms with Gasteiger partial charge in [0.05, 0.1) is 5.69 Å². The van der Waals surface area contributed by atoms with Gasteiger partial charge < -0.3 is 15.0 Å². The van der Waals surface area contributed by atoms with Crippen molar-refractivity contribution in [2.75, 3.05) is 13.7 Å². The fraction of sp³-hybridized carbons (Fsp3) is 0.727. The minimum absolute atomic E-state index is 0.298. The van der Waals surface area contributed by atoms with Crippen LogP contribution in [0.25, 0.3) is 0 Å². The van der Waals surface area contributed by atoms with E-state index < -0.39 is 0 Å². The van der Waals surface area contributed by atoms with Gasteiger partial charge in [0.15, 0.2) is 0 Å². The summed E-state index contributed by atoms with van der Waals surface area (Å²) in [5.41, 5.74) is 7.08. The summed E-state index contributed by atoms with van der Waals surface area (Å²) in [5, 5.41) is 0. The zero-order chi connectivity index (χ0) is 10.7. The smallest absolute Gasteiger partial charge is 0.110 e. The second-order valence-corrected chi connectivity index (χ2v) is 4.19. The van der Waals surface area contributed by atoms with Crippen molar-refractivity contribution in [1.82, 2.24) is 9.55 Å². The number of aromatic nitrogens is 2. The first kappa shape index (κ1) is 10.6. The van der Waals surface area contributed by atoms with E-state index in [0.29, 0.717) is 6.04 Å². The fourth-order valence-electron chi connectivity index (χ4n) is 2.03. The molecule has 0 spiro atoms. The van der Waals surface area contributed by atoms with Gasteiger partial charge in [-0.3, -0.25) is 0 Å². The highest BCUT2D eigenvalue weighted by Crippen LogP contribution is 2.14. The summed E-state index contributed by atoms with van der Waals surface area (Å²) < 4.78 is 7.27. The topological polar surface area (TPSA) is 53.1 Å². The van der Waals surface area contributed by atoms with Gasteiger partial charge in [-0.1, -0.05) is 0 Å². The van der Waals surface area contributed by atoms with Crippen molar-refractivity contribution in [2.24, 2.45) is 5.73 Å². The maximum absolute atomic E-state index is 5.91. The van der Waals surface area contributed by atoms with Gasteiger partial charge >= 0.3 is 0 Å². The van der Waals surface area contributed by atoms with Gasteiger partial charge in [-0.15, -0.1) is 0 Å². The van der Waals surface area contributed by atoms with E-state index in [4.69, 9.17) is 10.5 Å². The molecule has 84 valence electrons. The third kappa shape index (κ3) is 2.58. The number of hydrogen-bond donors (Lipinski definition) is 1. The van der Waals surface area contributed by atoms with E-state index in [1.54, 1.807) is 7.11 Å². The van der Waals surface area contributed by atoms with Crippen molar-refractivity contribution in [3.8, 4) is 0 Å². The molecule has 0 aromatic carbocycles. The predicted molar refractivity (Wildman–Crippen MR) is 58.7 cm³/mol. The zero-order valence-corrected chi connectivity index (χ0v) is 9.28. The van der Waals surface area contributed by atoms with Crippen LogP contribution in [-0.2, 0) is 24.1 Å². The highest BCUT2D eigenvalue weighted by atomic mass is 16.5. The number of aryl methyl sites for hydroxylation is 2. The van der Waals surface area contributed by atoms with E-state index in [9.17, 15) is 0 Å². The Bertz CT molecular complexity index is 322. The second kappa shape index (κ2) is 4.77. The molecule has 1 aliphatic rings. The van der Waals surface area contributed by atoms with Crippen molar-refractivity contribution < 1.29 is 4.74 Å². The molecule has 0 fully saturated rings. The molecule has 1 aromatic heterocycles. The molecule has 0 bridgehead atoms. The summed E-state index contributed by atoms with van der Waals surface area (Å²) in [7, 11) is 1.73. The largest absolute Gasteiger partial charge is 0.385 e. The summed E-state index contributed by atoms with van der Waals surface area (Å²) in [5.74, 6) is 1.15. The number of nitrogens with two attached hydrogens (primary N) is 1. The van der Waals surface area contributed by atoms with Crippen LogP contribution in [0.2, 0.25) is 0 Å². The Kier molecular flexibility index (Phi) is 3.38. The van der Waals surface area contributed by atoms with E-state index >= 15 is 0 Å². The summed E-state index contributed by atoms with van der Waals surface area (Å²) in [6, 6.07) is 0.298. The van der Waals surface area contributed by atoms with Gasteiger partial charge in [-0.05, 0) is 19.3 Å². The predicted octanol–water partition coefficient (Wildman–Crippen LogP) is 0.736. The lowest BCUT2D eigenvalue weighted by Crippen LogP contribution is -2.30. The van der Waals surface area contributed by atoms with Gasteiger partial charge in [0.2, 0.25) is 0 Å². The average molecular weight is 209 g/mol. The molecule has 0 radical (unpaired) electrons. The molecule has 2 heterocycles. The molecule has 0 saturated heterocycles. The van der Waals surface area contributed by atoms with Crippen molar-refractivity contribution in [3.05, 3.63) is 17.7 Å². The summed E-state index contributed by atoms with van der Waals surface area (Å²) in [6.45, 7) is 1.83. The van der Waals surface area contributed by atoms with Gasteiger partial charge in [-0.25, -0.2) is 4.98 Å². The first-order valence-corrected chi connectivity index (χ1v) is 5.59. The van der Waals surface area contributed by atoms with Crippen LogP contribution in [0.15, 0.2) is 6.20 Å². The van der Waals surface area contributed by atoms with Gasteiger partial charge in [0.25, 0.3) is 0 Å². The zero-order valence-electron chi connectivity index (χ0n) is 9.28. The van der Waals surface area contributed by atoms with E-state index in [2.05, 4.69) is 15.7 Å². The van der Waals surface area contributed by atoms with Crippen molar-refractivity contribution in [3.63, 3.8) is 0 Å². The number of methoxy groups -OCH3 is 1. The highest BCUT2D eigenvalue weighted by Gasteiger charge is 2.17. The van der Waals surface area contributed by atoms with E-state index in [1.807, 2.05) is 0 Å². The summed E-state index contributed by atoms with van der Waals surface area (Å²) >= 11 is 0. The quantitative estimate of drug-likeness (QED) is 0.744. The lowest BCUT2D eigenvalue weighted by Gasteiger charge is -2.18. The molecule has 2 rings (SSSR count). The fourth-order valence-corrected chi connectivity index (χ4v) is 2.03. The standard InChI is InChI=1S/C11H19N3O/c1-15-6-2-3-10-8-14-5-4-9(12)7-11(14)13-10/h8-9H,2-7,12H2,1H3. The number of rotatable bonds is 4. The van der Waals surface area contributed by atoms with Crippen LogP contribution in [0.4, 0.5) is 0 Å². The number of hydrogen-bond acceptors (Lipinski definition) is 3. The van der Waals surface area contributed by atoms with Crippen LogP contribution in [0.1, 0.15) is 24.4 Å². The molecule has 1 unspecified atom stereocenters. The molecule has 0 amide bonds. The molecule has 4 heteroatoms. The number of fused-ring (bicyclic) bond motifs is 1. The minimum Gasteiger partial charge on any atom is -0.385 e. The molecule has 1 atom stereocenters. The molecule has 4 nitrogen and oxygen atoms in total. The normalized spacial score (nSPS) is 20.3. The lowest BCUT2D eigenvalue weighted by atomic mass is 10.1.